The van der Waals surface area contributed by atoms with Gasteiger partial charge < -0.3 is 19.8 Å². The number of amides is 1. The van der Waals surface area contributed by atoms with Gasteiger partial charge in [0.2, 0.25) is 0 Å². The second-order valence-electron chi connectivity index (χ2n) is 6.68. The van der Waals surface area contributed by atoms with E-state index >= 15 is 0 Å². The molecule has 1 aliphatic rings. The Balaban J connectivity index is 2.89. The molecule has 0 saturated carbocycles. The summed E-state index contributed by atoms with van der Waals surface area (Å²) in [5.41, 5.74) is -1.58. The van der Waals surface area contributed by atoms with Crippen LogP contribution in [0.5, 0.6) is 0 Å². The minimum absolute atomic E-state index is 0.0340. The number of carbonyl (C=O) groups excluding carboxylic acids is 1. The van der Waals surface area contributed by atoms with Gasteiger partial charge in [-0.25, -0.2) is 4.79 Å². The highest BCUT2D eigenvalue weighted by Gasteiger charge is 2.44. The quantitative estimate of drug-likeness (QED) is 0.827. The average molecular weight is 287 g/mol. The van der Waals surface area contributed by atoms with E-state index in [1.54, 1.807) is 27.7 Å². The number of hydrogen-bond acceptors (Lipinski definition) is 4. The number of carboxylic acid groups (broad SMARTS) is 1. The van der Waals surface area contributed by atoms with Crippen LogP contribution in [0.4, 0.5) is 4.79 Å². The van der Waals surface area contributed by atoms with E-state index < -0.39 is 23.1 Å². The lowest BCUT2D eigenvalue weighted by Gasteiger charge is -2.43. The van der Waals surface area contributed by atoms with Gasteiger partial charge in [0, 0.05) is 19.2 Å². The Morgan fingerprint density at radius 2 is 2.00 bits per heavy atom. The van der Waals surface area contributed by atoms with Gasteiger partial charge in [0.05, 0.1) is 5.41 Å². The van der Waals surface area contributed by atoms with Crippen molar-refractivity contribution in [1.29, 1.82) is 0 Å². The number of likely N-dealkylation sites (tertiary alicyclic amines) is 1. The van der Waals surface area contributed by atoms with Crippen LogP contribution in [0.1, 0.15) is 47.0 Å². The highest BCUT2D eigenvalue weighted by Crippen LogP contribution is 2.34. The molecule has 0 aromatic heterocycles. The van der Waals surface area contributed by atoms with E-state index in [4.69, 9.17) is 9.84 Å². The number of rotatable bonds is 3. The molecule has 0 aliphatic carbocycles. The molecule has 20 heavy (non-hydrogen) atoms. The summed E-state index contributed by atoms with van der Waals surface area (Å²) >= 11 is 0. The smallest absolute Gasteiger partial charge is 0.410 e. The zero-order valence-electron chi connectivity index (χ0n) is 12.7. The largest absolute Gasteiger partial charge is 0.481 e. The van der Waals surface area contributed by atoms with Crippen molar-refractivity contribution in [2.75, 3.05) is 13.2 Å². The number of ether oxygens (including phenoxy) is 1. The SMILES string of the molecule is CC(C)(C)OC(=O)N1CC(C)(C(=O)O)CCC1CCO. The molecule has 0 bridgehead atoms. The number of aliphatic hydroxyl groups is 1. The van der Waals surface area contributed by atoms with E-state index in [0.29, 0.717) is 19.3 Å². The van der Waals surface area contributed by atoms with Gasteiger partial charge in [-0.1, -0.05) is 0 Å². The molecule has 1 rings (SSSR count). The maximum absolute atomic E-state index is 12.2. The topological polar surface area (TPSA) is 87.1 Å². The molecule has 116 valence electrons. The van der Waals surface area contributed by atoms with Gasteiger partial charge in [0.25, 0.3) is 0 Å². The molecule has 2 N–H and O–H groups in total. The van der Waals surface area contributed by atoms with Crippen LogP contribution in [-0.2, 0) is 9.53 Å². The Morgan fingerprint density at radius 1 is 1.40 bits per heavy atom. The standard InChI is InChI=1S/C14H25NO5/c1-13(2,3)20-12(19)15-9-14(4,11(17)18)7-5-10(15)6-8-16/h10,16H,5-9H2,1-4H3,(H,17,18). The van der Waals surface area contributed by atoms with Gasteiger partial charge in [0.1, 0.15) is 5.60 Å². The van der Waals surface area contributed by atoms with E-state index in [-0.39, 0.29) is 19.2 Å². The number of nitrogens with zero attached hydrogens (tertiary/aromatic N) is 1. The predicted molar refractivity (Wildman–Crippen MR) is 73.4 cm³/mol. The van der Waals surface area contributed by atoms with Gasteiger partial charge in [-0.05, 0) is 47.0 Å². The molecular weight excluding hydrogens is 262 g/mol. The molecule has 1 fully saturated rings. The second-order valence-corrected chi connectivity index (χ2v) is 6.68. The Kier molecular flexibility index (Phi) is 5.02. The molecule has 0 aromatic carbocycles. The van der Waals surface area contributed by atoms with Crippen LogP contribution in [0, 0.1) is 5.41 Å². The molecular formula is C14H25NO5. The van der Waals surface area contributed by atoms with Crippen molar-refractivity contribution in [1.82, 2.24) is 4.90 Å². The number of carboxylic acids is 1. The van der Waals surface area contributed by atoms with E-state index in [1.807, 2.05) is 0 Å². The highest BCUT2D eigenvalue weighted by molar-refractivity contribution is 5.76. The Labute approximate surface area is 119 Å². The summed E-state index contributed by atoms with van der Waals surface area (Å²) in [6, 6.07) is -0.165. The molecule has 6 heteroatoms. The third-order valence-electron chi connectivity index (χ3n) is 3.60. The van der Waals surface area contributed by atoms with Crippen LogP contribution in [0.2, 0.25) is 0 Å². The van der Waals surface area contributed by atoms with Crippen LogP contribution in [0.3, 0.4) is 0 Å². The van der Waals surface area contributed by atoms with Gasteiger partial charge >= 0.3 is 12.1 Å². The summed E-state index contributed by atoms with van der Waals surface area (Å²) in [6.45, 7) is 7.03. The summed E-state index contributed by atoms with van der Waals surface area (Å²) in [6.07, 6.45) is 0.979. The van der Waals surface area contributed by atoms with Crippen LogP contribution in [-0.4, -0.2) is 52.0 Å². The fourth-order valence-electron chi connectivity index (χ4n) is 2.38. The molecule has 1 aliphatic heterocycles. The summed E-state index contributed by atoms with van der Waals surface area (Å²) in [5.74, 6) is -0.909. The average Bonchev–Trinajstić information content (AvgIpc) is 2.29. The van der Waals surface area contributed by atoms with Crippen molar-refractivity contribution in [3.05, 3.63) is 0 Å². The zero-order valence-corrected chi connectivity index (χ0v) is 12.7. The summed E-state index contributed by atoms with van der Waals surface area (Å²) in [7, 11) is 0. The lowest BCUT2D eigenvalue weighted by atomic mass is 9.79. The van der Waals surface area contributed by atoms with E-state index in [9.17, 15) is 14.7 Å². The molecule has 2 atom stereocenters. The van der Waals surface area contributed by atoms with Gasteiger partial charge in [0.15, 0.2) is 0 Å². The number of carbonyl (C=O) groups is 2. The first kappa shape index (κ1) is 16.8. The monoisotopic (exact) mass is 287 g/mol. The molecule has 0 spiro atoms. The highest BCUT2D eigenvalue weighted by atomic mass is 16.6. The fraction of sp³-hybridized carbons (Fsp3) is 0.857. The number of hydrogen-bond donors (Lipinski definition) is 2. The summed E-state index contributed by atoms with van der Waals surface area (Å²) in [5, 5.41) is 18.4. The number of aliphatic carboxylic acids is 1. The van der Waals surface area contributed by atoms with Gasteiger partial charge in [-0.2, -0.15) is 0 Å². The van der Waals surface area contributed by atoms with Crippen molar-refractivity contribution < 1.29 is 24.5 Å². The lowest BCUT2D eigenvalue weighted by molar-refractivity contribution is -0.152. The summed E-state index contributed by atoms with van der Waals surface area (Å²) in [4.78, 5) is 25.1. The Hall–Kier alpha value is -1.30. The summed E-state index contributed by atoms with van der Waals surface area (Å²) < 4.78 is 5.34. The number of piperidine rings is 1. The minimum Gasteiger partial charge on any atom is -0.481 e. The molecule has 0 aromatic rings. The lowest BCUT2D eigenvalue weighted by Crippen LogP contribution is -2.54. The fourth-order valence-corrected chi connectivity index (χ4v) is 2.38. The first-order chi connectivity index (χ1) is 9.09. The van der Waals surface area contributed by atoms with Gasteiger partial charge in [-0.3, -0.25) is 4.79 Å². The Bertz CT molecular complexity index is 376. The molecule has 6 nitrogen and oxygen atoms in total. The molecule has 0 radical (unpaired) electrons. The van der Waals surface area contributed by atoms with Crippen LogP contribution >= 0.6 is 0 Å². The van der Waals surface area contributed by atoms with Crippen molar-refractivity contribution in [3.63, 3.8) is 0 Å². The normalized spacial score (nSPS) is 27.2. The van der Waals surface area contributed by atoms with E-state index in [0.717, 1.165) is 0 Å². The zero-order chi connectivity index (χ0) is 15.6. The number of aliphatic hydroxyl groups excluding tert-OH is 1. The Morgan fingerprint density at radius 3 is 2.45 bits per heavy atom. The molecule has 1 heterocycles. The minimum atomic E-state index is -0.955. The predicted octanol–water partition coefficient (Wildman–Crippen LogP) is 1.86. The molecule has 1 saturated heterocycles. The van der Waals surface area contributed by atoms with Crippen LogP contribution < -0.4 is 0 Å². The maximum Gasteiger partial charge on any atom is 0.410 e. The first-order valence-corrected chi connectivity index (χ1v) is 6.93. The van der Waals surface area contributed by atoms with Crippen molar-refractivity contribution in [2.24, 2.45) is 5.41 Å². The molecule has 2 unspecified atom stereocenters. The van der Waals surface area contributed by atoms with Crippen molar-refractivity contribution in [2.45, 2.75) is 58.6 Å². The van der Waals surface area contributed by atoms with Crippen molar-refractivity contribution in [3.8, 4) is 0 Å². The van der Waals surface area contributed by atoms with Crippen LogP contribution in [0.15, 0.2) is 0 Å². The molecule has 1 amide bonds. The van der Waals surface area contributed by atoms with Crippen LogP contribution in [0.25, 0.3) is 0 Å². The third kappa shape index (κ3) is 4.10. The van der Waals surface area contributed by atoms with E-state index in [2.05, 4.69) is 0 Å². The van der Waals surface area contributed by atoms with Gasteiger partial charge in [-0.15, -0.1) is 0 Å². The van der Waals surface area contributed by atoms with E-state index in [1.165, 1.54) is 4.90 Å². The van der Waals surface area contributed by atoms with Crippen molar-refractivity contribution >= 4 is 12.1 Å². The second kappa shape index (κ2) is 5.99. The first-order valence-electron chi connectivity index (χ1n) is 6.93. The third-order valence-corrected chi connectivity index (χ3v) is 3.60. The maximum atomic E-state index is 12.2.